The van der Waals surface area contributed by atoms with Gasteiger partial charge < -0.3 is 15.3 Å². The molecule has 2 N–H and O–H groups in total. The molecule has 1 atom stereocenters. The second-order valence-corrected chi connectivity index (χ2v) is 5.48. The van der Waals surface area contributed by atoms with E-state index >= 15 is 0 Å². The zero-order chi connectivity index (χ0) is 14.5. The third-order valence-electron chi connectivity index (χ3n) is 3.89. The summed E-state index contributed by atoms with van der Waals surface area (Å²) in [5.41, 5.74) is 2.81. The summed E-state index contributed by atoms with van der Waals surface area (Å²) in [7, 11) is 0. The van der Waals surface area contributed by atoms with Crippen LogP contribution in [0.4, 0.5) is 5.69 Å². The second kappa shape index (κ2) is 6.75. The number of rotatable bonds is 5. The fraction of sp³-hybridized carbons (Fsp3) is 0.562. The second-order valence-electron chi connectivity index (χ2n) is 5.48. The highest BCUT2D eigenvalue weighted by Crippen LogP contribution is 2.25. The zero-order valence-electron chi connectivity index (χ0n) is 12.4. The fourth-order valence-electron chi connectivity index (χ4n) is 2.61. The summed E-state index contributed by atoms with van der Waals surface area (Å²) in [6.07, 6.45) is 3.10. The number of benzene rings is 1. The molecule has 0 spiro atoms. The number of carbonyl (C=O) groups is 1. The van der Waals surface area contributed by atoms with Crippen LogP contribution in [0.2, 0.25) is 0 Å². The molecule has 1 aliphatic heterocycles. The van der Waals surface area contributed by atoms with Crippen LogP contribution < -0.4 is 10.2 Å². The molecule has 1 aliphatic rings. The molecule has 0 aliphatic carbocycles. The Labute approximate surface area is 120 Å². The molecule has 1 aromatic rings. The largest absolute Gasteiger partial charge is 0.394 e. The Balaban J connectivity index is 2.24. The standard InChI is InChI=1S/C16H24N2O2/c1-3-13(11-19)17-16(20)14-10-12(2)6-7-15(14)18-8-4-5-9-18/h6-7,10,13,19H,3-5,8-9,11H2,1-2H3,(H,17,20). The van der Waals surface area contributed by atoms with Gasteiger partial charge in [0.15, 0.2) is 0 Å². The molecule has 0 bridgehead atoms. The number of aryl methyl sites for hydroxylation is 1. The van der Waals surface area contributed by atoms with Gasteiger partial charge in [0.1, 0.15) is 0 Å². The third-order valence-corrected chi connectivity index (χ3v) is 3.89. The van der Waals surface area contributed by atoms with E-state index in [4.69, 9.17) is 0 Å². The first-order valence-electron chi connectivity index (χ1n) is 7.43. The van der Waals surface area contributed by atoms with E-state index in [1.54, 1.807) is 0 Å². The maximum absolute atomic E-state index is 12.5. The predicted molar refractivity (Wildman–Crippen MR) is 81.3 cm³/mol. The van der Waals surface area contributed by atoms with Crippen LogP contribution in [-0.4, -0.2) is 36.8 Å². The summed E-state index contributed by atoms with van der Waals surface area (Å²) in [6.45, 7) is 5.96. The molecule has 0 radical (unpaired) electrons. The summed E-state index contributed by atoms with van der Waals surface area (Å²) in [5, 5.41) is 12.1. The number of aliphatic hydroxyl groups is 1. The highest BCUT2D eigenvalue weighted by atomic mass is 16.3. The molecule has 1 saturated heterocycles. The Morgan fingerprint density at radius 2 is 2.10 bits per heavy atom. The van der Waals surface area contributed by atoms with E-state index < -0.39 is 0 Å². The van der Waals surface area contributed by atoms with Crippen LogP contribution in [0, 0.1) is 6.92 Å². The summed E-state index contributed by atoms with van der Waals surface area (Å²) in [5.74, 6) is -0.0866. The summed E-state index contributed by atoms with van der Waals surface area (Å²) >= 11 is 0. The number of hydrogen-bond acceptors (Lipinski definition) is 3. The first-order valence-corrected chi connectivity index (χ1v) is 7.43. The molecule has 0 aromatic heterocycles. The number of amides is 1. The van der Waals surface area contributed by atoms with E-state index in [1.807, 2.05) is 32.0 Å². The van der Waals surface area contributed by atoms with Gasteiger partial charge in [0, 0.05) is 18.8 Å². The first-order chi connectivity index (χ1) is 9.65. The predicted octanol–water partition coefficient (Wildman–Crippen LogP) is 2.10. The van der Waals surface area contributed by atoms with Crippen molar-refractivity contribution < 1.29 is 9.90 Å². The molecule has 1 heterocycles. The smallest absolute Gasteiger partial charge is 0.253 e. The van der Waals surface area contributed by atoms with Crippen molar-refractivity contribution in [3.63, 3.8) is 0 Å². The Morgan fingerprint density at radius 3 is 2.70 bits per heavy atom. The van der Waals surface area contributed by atoms with Gasteiger partial charge in [0.2, 0.25) is 0 Å². The lowest BCUT2D eigenvalue weighted by atomic mass is 10.1. The maximum atomic E-state index is 12.5. The van der Waals surface area contributed by atoms with Gasteiger partial charge in [-0.3, -0.25) is 4.79 Å². The minimum Gasteiger partial charge on any atom is -0.394 e. The molecule has 1 fully saturated rings. The van der Waals surface area contributed by atoms with Gasteiger partial charge in [-0.25, -0.2) is 0 Å². The molecule has 4 heteroatoms. The van der Waals surface area contributed by atoms with Crippen molar-refractivity contribution in [2.45, 2.75) is 39.2 Å². The summed E-state index contributed by atoms with van der Waals surface area (Å²) in [4.78, 5) is 14.7. The number of carbonyl (C=O) groups excluding carboxylic acids is 1. The number of anilines is 1. The van der Waals surface area contributed by atoms with Crippen LogP contribution >= 0.6 is 0 Å². The maximum Gasteiger partial charge on any atom is 0.253 e. The van der Waals surface area contributed by atoms with Crippen molar-refractivity contribution in [3.8, 4) is 0 Å². The van der Waals surface area contributed by atoms with Crippen molar-refractivity contribution in [1.29, 1.82) is 0 Å². The van der Waals surface area contributed by atoms with Crippen LogP contribution in [0.15, 0.2) is 18.2 Å². The average Bonchev–Trinajstić information content (AvgIpc) is 2.98. The van der Waals surface area contributed by atoms with E-state index in [9.17, 15) is 9.90 Å². The van der Waals surface area contributed by atoms with E-state index in [0.29, 0.717) is 0 Å². The van der Waals surface area contributed by atoms with Crippen LogP contribution in [0.1, 0.15) is 42.1 Å². The Morgan fingerprint density at radius 1 is 1.40 bits per heavy atom. The SMILES string of the molecule is CCC(CO)NC(=O)c1cc(C)ccc1N1CCCC1. The summed E-state index contributed by atoms with van der Waals surface area (Å²) in [6, 6.07) is 5.85. The number of nitrogens with zero attached hydrogens (tertiary/aromatic N) is 1. The third kappa shape index (κ3) is 3.31. The molecule has 4 nitrogen and oxygen atoms in total. The van der Waals surface area contributed by atoms with Crippen LogP contribution in [0.5, 0.6) is 0 Å². The minimum atomic E-state index is -0.172. The molecule has 110 valence electrons. The molecule has 1 amide bonds. The van der Waals surface area contributed by atoms with Crippen molar-refractivity contribution >= 4 is 11.6 Å². The molecular weight excluding hydrogens is 252 g/mol. The lowest BCUT2D eigenvalue weighted by molar-refractivity contribution is 0.0915. The van der Waals surface area contributed by atoms with Crippen molar-refractivity contribution in [2.75, 3.05) is 24.6 Å². The van der Waals surface area contributed by atoms with Crippen molar-refractivity contribution in [3.05, 3.63) is 29.3 Å². The fourth-order valence-corrected chi connectivity index (χ4v) is 2.61. The number of aliphatic hydroxyl groups excluding tert-OH is 1. The van der Waals surface area contributed by atoms with Crippen LogP contribution in [0.25, 0.3) is 0 Å². The van der Waals surface area contributed by atoms with Crippen LogP contribution in [-0.2, 0) is 0 Å². The lowest BCUT2D eigenvalue weighted by Gasteiger charge is -2.22. The molecule has 20 heavy (non-hydrogen) atoms. The number of nitrogens with one attached hydrogen (secondary N) is 1. The highest BCUT2D eigenvalue weighted by molar-refractivity contribution is 6.00. The molecule has 2 rings (SSSR count). The normalized spacial score (nSPS) is 16.2. The number of hydrogen-bond donors (Lipinski definition) is 2. The molecular formula is C16H24N2O2. The van der Waals surface area contributed by atoms with E-state index in [-0.39, 0.29) is 18.6 Å². The van der Waals surface area contributed by atoms with Gasteiger partial charge in [-0.05, 0) is 38.3 Å². The Hall–Kier alpha value is -1.55. The quantitative estimate of drug-likeness (QED) is 0.866. The lowest BCUT2D eigenvalue weighted by Crippen LogP contribution is -2.37. The average molecular weight is 276 g/mol. The van der Waals surface area contributed by atoms with Gasteiger partial charge in [-0.1, -0.05) is 18.6 Å². The van der Waals surface area contributed by atoms with Gasteiger partial charge in [-0.15, -0.1) is 0 Å². The summed E-state index contributed by atoms with van der Waals surface area (Å²) < 4.78 is 0. The zero-order valence-corrected chi connectivity index (χ0v) is 12.4. The van der Waals surface area contributed by atoms with Crippen molar-refractivity contribution in [2.24, 2.45) is 0 Å². The van der Waals surface area contributed by atoms with Crippen molar-refractivity contribution in [1.82, 2.24) is 5.32 Å². The van der Waals surface area contributed by atoms with Gasteiger partial charge in [-0.2, -0.15) is 0 Å². The monoisotopic (exact) mass is 276 g/mol. The molecule has 0 saturated carbocycles. The first kappa shape index (κ1) is 14.9. The van der Waals surface area contributed by atoms with E-state index in [0.717, 1.165) is 36.3 Å². The molecule has 1 unspecified atom stereocenters. The minimum absolute atomic E-state index is 0.0207. The van der Waals surface area contributed by atoms with E-state index in [1.165, 1.54) is 12.8 Å². The van der Waals surface area contributed by atoms with Gasteiger partial charge in [0.25, 0.3) is 5.91 Å². The highest BCUT2D eigenvalue weighted by Gasteiger charge is 2.20. The Kier molecular flexibility index (Phi) is 5.01. The topological polar surface area (TPSA) is 52.6 Å². The van der Waals surface area contributed by atoms with Gasteiger partial charge >= 0.3 is 0 Å². The Bertz CT molecular complexity index is 464. The van der Waals surface area contributed by atoms with Crippen LogP contribution in [0.3, 0.4) is 0 Å². The molecule has 1 aromatic carbocycles. The van der Waals surface area contributed by atoms with E-state index in [2.05, 4.69) is 10.2 Å². The van der Waals surface area contributed by atoms with Gasteiger partial charge in [0.05, 0.1) is 18.2 Å².